The SMILES string of the molecule is Cc1ccc(S(=O)(=O)N2CCN([C@@H]3CC(=O)N(c4ccccc4)C3=O)CC2)cc1. The van der Waals surface area contributed by atoms with E-state index < -0.39 is 16.1 Å². The molecule has 2 amide bonds. The Morgan fingerprint density at radius 3 is 2.10 bits per heavy atom. The van der Waals surface area contributed by atoms with Crippen LogP contribution in [0.1, 0.15) is 12.0 Å². The molecule has 2 aromatic rings. The number of carbonyl (C=O) groups excluding carboxylic acids is 2. The monoisotopic (exact) mass is 413 g/mol. The van der Waals surface area contributed by atoms with Gasteiger partial charge in [0.2, 0.25) is 15.9 Å². The largest absolute Gasteiger partial charge is 0.289 e. The summed E-state index contributed by atoms with van der Waals surface area (Å²) in [5.41, 5.74) is 1.58. The first-order chi connectivity index (χ1) is 13.9. The molecule has 7 nitrogen and oxygen atoms in total. The van der Waals surface area contributed by atoms with Gasteiger partial charge in [0.1, 0.15) is 0 Å². The summed E-state index contributed by atoms with van der Waals surface area (Å²) in [5, 5.41) is 0. The molecule has 0 N–H and O–H groups in total. The first kappa shape index (κ1) is 19.8. The fourth-order valence-corrected chi connectivity index (χ4v) is 5.29. The zero-order valence-electron chi connectivity index (χ0n) is 16.2. The van der Waals surface area contributed by atoms with Gasteiger partial charge in [0.15, 0.2) is 0 Å². The summed E-state index contributed by atoms with van der Waals surface area (Å²) in [6.45, 7) is 3.32. The van der Waals surface area contributed by atoms with Gasteiger partial charge < -0.3 is 0 Å². The van der Waals surface area contributed by atoms with E-state index in [0.717, 1.165) is 5.56 Å². The number of nitrogens with zero attached hydrogens (tertiary/aromatic N) is 3. The van der Waals surface area contributed by atoms with Crippen LogP contribution < -0.4 is 4.90 Å². The highest BCUT2D eigenvalue weighted by Gasteiger charge is 2.44. The average Bonchev–Trinajstić information content (AvgIpc) is 3.03. The topological polar surface area (TPSA) is 78.0 Å². The third-order valence-electron chi connectivity index (χ3n) is 5.51. The number of anilines is 1. The van der Waals surface area contributed by atoms with Crippen molar-refractivity contribution in [2.24, 2.45) is 0 Å². The van der Waals surface area contributed by atoms with Crippen molar-refractivity contribution in [1.82, 2.24) is 9.21 Å². The number of aryl methyl sites for hydroxylation is 1. The molecular weight excluding hydrogens is 390 g/mol. The van der Waals surface area contributed by atoms with E-state index in [0.29, 0.717) is 31.9 Å². The highest BCUT2D eigenvalue weighted by atomic mass is 32.2. The van der Waals surface area contributed by atoms with Gasteiger partial charge in [-0.1, -0.05) is 35.9 Å². The first-order valence-corrected chi connectivity index (χ1v) is 11.0. The summed E-state index contributed by atoms with van der Waals surface area (Å²) in [4.78, 5) is 28.8. The van der Waals surface area contributed by atoms with Crippen molar-refractivity contribution in [3.8, 4) is 0 Å². The lowest BCUT2D eigenvalue weighted by Crippen LogP contribution is -2.53. The van der Waals surface area contributed by atoms with E-state index in [4.69, 9.17) is 0 Å². The van der Waals surface area contributed by atoms with E-state index in [1.54, 1.807) is 48.5 Å². The Balaban J connectivity index is 1.44. The van der Waals surface area contributed by atoms with Crippen LogP contribution in [-0.4, -0.2) is 61.7 Å². The Kier molecular flexibility index (Phi) is 5.24. The van der Waals surface area contributed by atoms with Crippen molar-refractivity contribution in [2.45, 2.75) is 24.3 Å². The summed E-state index contributed by atoms with van der Waals surface area (Å²) in [5.74, 6) is -0.461. The van der Waals surface area contributed by atoms with Gasteiger partial charge in [-0.2, -0.15) is 4.31 Å². The lowest BCUT2D eigenvalue weighted by molar-refractivity contribution is -0.123. The Labute approximate surface area is 170 Å². The van der Waals surface area contributed by atoms with Gasteiger partial charge >= 0.3 is 0 Å². The average molecular weight is 413 g/mol. The maximum absolute atomic E-state index is 12.9. The summed E-state index contributed by atoms with van der Waals surface area (Å²) in [6, 6.07) is 15.2. The minimum Gasteiger partial charge on any atom is -0.289 e. The van der Waals surface area contributed by atoms with Gasteiger partial charge in [0.05, 0.1) is 23.0 Å². The van der Waals surface area contributed by atoms with Crippen molar-refractivity contribution in [3.05, 3.63) is 60.2 Å². The van der Waals surface area contributed by atoms with Crippen molar-refractivity contribution in [3.63, 3.8) is 0 Å². The van der Waals surface area contributed by atoms with Crippen LogP contribution in [0.5, 0.6) is 0 Å². The van der Waals surface area contributed by atoms with Crippen LogP contribution in [0.4, 0.5) is 5.69 Å². The minimum atomic E-state index is -3.56. The molecule has 2 fully saturated rings. The van der Waals surface area contributed by atoms with E-state index >= 15 is 0 Å². The van der Waals surface area contributed by atoms with E-state index in [2.05, 4.69) is 0 Å². The van der Waals surface area contributed by atoms with E-state index in [-0.39, 0.29) is 23.1 Å². The molecule has 8 heteroatoms. The molecule has 0 radical (unpaired) electrons. The van der Waals surface area contributed by atoms with Gasteiger partial charge in [-0.25, -0.2) is 13.3 Å². The predicted molar refractivity (Wildman–Crippen MR) is 109 cm³/mol. The lowest BCUT2D eigenvalue weighted by atomic mass is 10.2. The zero-order valence-corrected chi connectivity index (χ0v) is 17.0. The number of amides is 2. The second-order valence-corrected chi connectivity index (χ2v) is 9.31. The second kappa shape index (κ2) is 7.70. The standard InChI is InChI=1S/C21H23N3O4S/c1-16-7-9-18(10-8-16)29(27,28)23-13-11-22(12-14-23)19-15-20(25)24(21(19)26)17-5-3-2-4-6-17/h2-10,19H,11-15H2,1H3/t19-/m1/s1. The van der Waals surface area contributed by atoms with E-state index in [1.807, 2.05) is 17.9 Å². The number of benzene rings is 2. The maximum Gasteiger partial charge on any atom is 0.251 e. The lowest BCUT2D eigenvalue weighted by Gasteiger charge is -2.36. The van der Waals surface area contributed by atoms with Crippen LogP contribution in [0, 0.1) is 6.92 Å². The first-order valence-electron chi connectivity index (χ1n) is 9.60. The molecule has 0 unspecified atom stereocenters. The molecule has 0 spiro atoms. The predicted octanol–water partition coefficient (Wildman–Crippen LogP) is 1.63. The third-order valence-corrected chi connectivity index (χ3v) is 7.42. The van der Waals surface area contributed by atoms with Gasteiger partial charge in [-0.3, -0.25) is 14.5 Å². The molecule has 1 atom stereocenters. The Hall–Kier alpha value is -2.55. The number of para-hydroxylation sites is 1. The van der Waals surface area contributed by atoms with Gasteiger partial charge in [0.25, 0.3) is 5.91 Å². The number of sulfonamides is 1. The van der Waals surface area contributed by atoms with Crippen LogP contribution in [0.25, 0.3) is 0 Å². The molecule has 0 bridgehead atoms. The van der Waals surface area contributed by atoms with E-state index in [1.165, 1.54) is 9.21 Å². The molecule has 2 aliphatic heterocycles. The molecule has 2 aliphatic rings. The summed E-state index contributed by atoms with van der Waals surface area (Å²) < 4.78 is 27.2. The number of piperazine rings is 1. The van der Waals surface area contributed by atoms with Crippen LogP contribution in [-0.2, 0) is 19.6 Å². The Morgan fingerprint density at radius 2 is 1.48 bits per heavy atom. The number of carbonyl (C=O) groups is 2. The Morgan fingerprint density at radius 1 is 0.862 bits per heavy atom. The summed E-state index contributed by atoms with van der Waals surface area (Å²) >= 11 is 0. The molecular formula is C21H23N3O4S. The highest BCUT2D eigenvalue weighted by Crippen LogP contribution is 2.27. The van der Waals surface area contributed by atoms with Gasteiger partial charge in [0, 0.05) is 26.2 Å². The van der Waals surface area contributed by atoms with Crippen molar-refractivity contribution in [2.75, 3.05) is 31.1 Å². The fraction of sp³-hybridized carbons (Fsp3) is 0.333. The van der Waals surface area contributed by atoms with Crippen molar-refractivity contribution >= 4 is 27.5 Å². The molecule has 29 heavy (non-hydrogen) atoms. The zero-order chi connectivity index (χ0) is 20.6. The van der Waals surface area contributed by atoms with Gasteiger partial charge in [-0.05, 0) is 31.2 Å². The molecule has 152 valence electrons. The van der Waals surface area contributed by atoms with E-state index in [9.17, 15) is 18.0 Å². The van der Waals surface area contributed by atoms with Crippen molar-refractivity contribution in [1.29, 1.82) is 0 Å². The molecule has 0 saturated carbocycles. The molecule has 0 aliphatic carbocycles. The minimum absolute atomic E-state index is 0.123. The van der Waals surface area contributed by atoms with Gasteiger partial charge in [-0.15, -0.1) is 0 Å². The van der Waals surface area contributed by atoms with Crippen LogP contribution in [0.3, 0.4) is 0 Å². The number of hydrogen-bond acceptors (Lipinski definition) is 5. The normalized spacial score (nSPS) is 21.7. The molecule has 0 aromatic heterocycles. The Bertz CT molecular complexity index is 1010. The molecule has 4 rings (SSSR count). The fourth-order valence-electron chi connectivity index (χ4n) is 3.86. The second-order valence-electron chi connectivity index (χ2n) is 7.38. The molecule has 2 saturated heterocycles. The highest BCUT2D eigenvalue weighted by molar-refractivity contribution is 7.89. The molecule has 2 heterocycles. The quantitative estimate of drug-likeness (QED) is 0.712. The number of imide groups is 1. The maximum atomic E-state index is 12.9. The van der Waals surface area contributed by atoms with Crippen LogP contribution >= 0.6 is 0 Å². The van der Waals surface area contributed by atoms with Crippen molar-refractivity contribution < 1.29 is 18.0 Å². The van der Waals surface area contributed by atoms with Crippen LogP contribution in [0.15, 0.2) is 59.5 Å². The smallest absolute Gasteiger partial charge is 0.251 e. The number of hydrogen-bond donors (Lipinski definition) is 0. The summed E-state index contributed by atoms with van der Waals surface area (Å²) in [6.07, 6.45) is 0.123. The number of rotatable bonds is 4. The summed E-state index contributed by atoms with van der Waals surface area (Å²) in [7, 11) is -3.56. The third kappa shape index (κ3) is 3.71. The molecule has 2 aromatic carbocycles. The van der Waals surface area contributed by atoms with Crippen LogP contribution in [0.2, 0.25) is 0 Å².